The molecule has 0 radical (unpaired) electrons. The van der Waals surface area contributed by atoms with Gasteiger partial charge >= 0.3 is 5.97 Å². The summed E-state index contributed by atoms with van der Waals surface area (Å²) in [6, 6.07) is 2.50. The van der Waals surface area contributed by atoms with Crippen LogP contribution >= 0.6 is 11.3 Å². The van der Waals surface area contributed by atoms with Crippen molar-refractivity contribution >= 4 is 33.2 Å². The van der Waals surface area contributed by atoms with E-state index in [-0.39, 0.29) is 34.9 Å². The molecule has 0 aliphatic heterocycles. The highest BCUT2D eigenvalue weighted by atomic mass is 32.2. The van der Waals surface area contributed by atoms with Gasteiger partial charge in [0.15, 0.2) is 0 Å². The van der Waals surface area contributed by atoms with Gasteiger partial charge in [-0.15, -0.1) is 11.3 Å². The molecular formula is C16H23N5O5S2. The van der Waals surface area contributed by atoms with E-state index in [9.17, 15) is 18.0 Å². The van der Waals surface area contributed by atoms with Gasteiger partial charge in [0.25, 0.3) is 0 Å². The zero-order valence-electron chi connectivity index (χ0n) is 15.2. The normalized spacial score (nSPS) is 20.7. The Bertz CT molecular complexity index is 808. The second-order valence-electron chi connectivity index (χ2n) is 6.72. The number of carbonyl (C=O) groups is 2. The van der Waals surface area contributed by atoms with E-state index in [4.69, 9.17) is 10.6 Å². The monoisotopic (exact) mass is 429 g/mol. The van der Waals surface area contributed by atoms with Crippen LogP contribution in [0.1, 0.15) is 32.1 Å². The molecule has 1 heterocycles. The van der Waals surface area contributed by atoms with Crippen LogP contribution in [0.15, 0.2) is 26.8 Å². The molecule has 0 saturated heterocycles. The third-order valence-corrected chi connectivity index (χ3v) is 7.49. The van der Waals surface area contributed by atoms with Crippen LogP contribution in [0.2, 0.25) is 0 Å². The van der Waals surface area contributed by atoms with Gasteiger partial charge < -0.3 is 10.4 Å². The van der Waals surface area contributed by atoms with Gasteiger partial charge in [0.2, 0.25) is 15.9 Å². The molecule has 1 amide bonds. The highest BCUT2D eigenvalue weighted by Crippen LogP contribution is 2.29. The largest absolute Gasteiger partial charge is 0.481 e. The molecule has 3 N–H and O–H groups in total. The molecule has 0 unspecified atom stereocenters. The van der Waals surface area contributed by atoms with Gasteiger partial charge in [0, 0.05) is 30.0 Å². The molecule has 1 atom stereocenters. The molecule has 1 aliphatic carbocycles. The van der Waals surface area contributed by atoms with E-state index in [2.05, 4.69) is 20.1 Å². The minimum atomic E-state index is -3.49. The van der Waals surface area contributed by atoms with Crippen LogP contribution in [0.4, 0.5) is 0 Å². The average Bonchev–Trinajstić information content (AvgIpc) is 3.20. The van der Waals surface area contributed by atoms with Gasteiger partial charge in [-0.25, -0.2) is 13.1 Å². The minimum absolute atomic E-state index is 0.117. The van der Waals surface area contributed by atoms with Crippen molar-refractivity contribution in [1.29, 1.82) is 0 Å². The Morgan fingerprint density at radius 3 is 2.64 bits per heavy atom. The number of carbonyl (C=O) groups excluding carboxylic acids is 1. The number of carboxylic acid groups (broad SMARTS) is 1. The molecule has 28 heavy (non-hydrogen) atoms. The smallest absolute Gasteiger partial charge is 0.305 e. The second-order valence-corrected chi connectivity index (χ2v) is 9.66. The van der Waals surface area contributed by atoms with Crippen molar-refractivity contribution in [3.05, 3.63) is 28.0 Å². The Kier molecular flexibility index (Phi) is 8.24. The first kappa shape index (κ1) is 22.2. The molecule has 0 aromatic carbocycles. The summed E-state index contributed by atoms with van der Waals surface area (Å²) in [6.07, 6.45) is 2.28. The molecule has 1 fully saturated rings. The lowest BCUT2D eigenvalue weighted by molar-refractivity contribution is -0.137. The Morgan fingerprint density at radius 2 is 2.07 bits per heavy atom. The summed E-state index contributed by atoms with van der Waals surface area (Å²) in [4.78, 5) is 25.9. The van der Waals surface area contributed by atoms with Gasteiger partial charge in [-0.1, -0.05) is 11.2 Å². The van der Waals surface area contributed by atoms with Crippen LogP contribution in [-0.2, 0) is 19.6 Å². The number of amides is 1. The van der Waals surface area contributed by atoms with E-state index in [1.807, 2.05) is 0 Å². The van der Waals surface area contributed by atoms with Crippen LogP contribution in [0.5, 0.6) is 0 Å². The Labute approximate surface area is 167 Å². The molecule has 0 bridgehead atoms. The van der Waals surface area contributed by atoms with Crippen LogP contribution in [-0.4, -0.2) is 44.5 Å². The van der Waals surface area contributed by atoms with Gasteiger partial charge in [-0.3, -0.25) is 9.59 Å². The van der Waals surface area contributed by atoms with E-state index in [1.165, 1.54) is 0 Å². The molecule has 154 valence electrons. The minimum Gasteiger partial charge on any atom is -0.481 e. The van der Waals surface area contributed by atoms with E-state index in [0.29, 0.717) is 32.2 Å². The highest BCUT2D eigenvalue weighted by molar-refractivity contribution is 7.91. The average molecular weight is 430 g/mol. The molecule has 1 aliphatic rings. The van der Waals surface area contributed by atoms with Crippen LogP contribution in [0.3, 0.4) is 0 Å². The number of aliphatic carboxylic acids is 1. The number of rotatable bonds is 10. The van der Waals surface area contributed by atoms with Gasteiger partial charge in [0.05, 0.1) is 6.42 Å². The van der Waals surface area contributed by atoms with Gasteiger partial charge in [-0.2, -0.15) is 0 Å². The summed E-state index contributed by atoms with van der Waals surface area (Å²) in [5, 5.41) is 16.6. The molecule has 1 saturated carbocycles. The summed E-state index contributed by atoms with van der Waals surface area (Å²) in [5.74, 6) is -1.44. The molecule has 0 spiro atoms. The SMILES string of the molecule is [N-]=[N+]=NC[C@H](CC(=O)O)NC(=O)C1CCC(CNS(=O)(=O)c2cccs2)CC1. The Hall–Kier alpha value is -2.14. The fourth-order valence-corrected chi connectivity index (χ4v) is 5.32. The third kappa shape index (κ3) is 6.79. The van der Waals surface area contributed by atoms with E-state index in [0.717, 1.165) is 11.3 Å². The van der Waals surface area contributed by atoms with Crippen LogP contribution < -0.4 is 10.0 Å². The van der Waals surface area contributed by atoms with Crippen molar-refractivity contribution in [2.45, 2.75) is 42.4 Å². The molecular weight excluding hydrogens is 406 g/mol. The number of thiophene rings is 1. The quantitative estimate of drug-likeness (QED) is 0.294. The lowest BCUT2D eigenvalue weighted by Gasteiger charge is -2.29. The number of sulfonamides is 1. The maximum absolute atomic E-state index is 12.4. The van der Waals surface area contributed by atoms with Gasteiger partial charge in [0.1, 0.15) is 4.21 Å². The first-order chi connectivity index (χ1) is 13.3. The fraction of sp³-hybridized carbons (Fsp3) is 0.625. The molecule has 2 rings (SSSR count). The molecule has 1 aromatic rings. The summed E-state index contributed by atoms with van der Waals surface area (Å²) < 4.78 is 27.2. The van der Waals surface area contributed by atoms with E-state index in [1.54, 1.807) is 17.5 Å². The van der Waals surface area contributed by atoms with Crippen molar-refractivity contribution in [3.8, 4) is 0 Å². The Balaban J connectivity index is 1.79. The van der Waals surface area contributed by atoms with Crippen molar-refractivity contribution in [1.82, 2.24) is 10.0 Å². The molecule has 1 aromatic heterocycles. The van der Waals surface area contributed by atoms with E-state index >= 15 is 0 Å². The Morgan fingerprint density at radius 1 is 1.36 bits per heavy atom. The van der Waals surface area contributed by atoms with Crippen molar-refractivity contribution < 1.29 is 23.1 Å². The van der Waals surface area contributed by atoms with Crippen LogP contribution in [0, 0.1) is 11.8 Å². The molecule has 10 nitrogen and oxygen atoms in total. The summed E-state index contributed by atoms with van der Waals surface area (Å²) in [7, 11) is -3.49. The van der Waals surface area contributed by atoms with Crippen molar-refractivity contribution in [3.63, 3.8) is 0 Å². The predicted molar refractivity (Wildman–Crippen MR) is 103 cm³/mol. The van der Waals surface area contributed by atoms with Crippen LogP contribution in [0.25, 0.3) is 10.4 Å². The number of nitrogens with zero attached hydrogens (tertiary/aromatic N) is 3. The summed E-state index contributed by atoms with van der Waals surface area (Å²) in [5.41, 5.74) is 8.38. The number of azide groups is 1. The molecule has 12 heteroatoms. The lowest BCUT2D eigenvalue weighted by atomic mass is 9.81. The number of hydrogen-bond acceptors (Lipinski definition) is 6. The zero-order valence-corrected chi connectivity index (χ0v) is 16.8. The maximum atomic E-state index is 12.4. The maximum Gasteiger partial charge on any atom is 0.305 e. The lowest BCUT2D eigenvalue weighted by Crippen LogP contribution is -2.43. The number of nitrogens with one attached hydrogen (secondary N) is 2. The van der Waals surface area contributed by atoms with Crippen molar-refractivity contribution in [2.75, 3.05) is 13.1 Å². The van der Waals surface area contributed by atoms with Crippen molar-refractivity contribution in [2.24, 2.45) is 17.0 Å². The third-order valence-electron chi connectivity index (χ3n) is 4.67. The first-order valence-electron chi connectivity index (χ1n) is 8.88. The number of carboxylic acids is 1. The topological polar surface area (TPSA) is 161 Å². The highest BCUT2D eigenvalue weighted by Gasteiger charge is 2.29. The second kappa shape index (κ2) is 10.4. The van der Waals surface area contributed by atoms with E-state index < -0.39 is 22.0 Å². The standard InChI is InChI=1S/C16H23N5O5S2/c17-21-18-10-13(8-14(22)23)20-16(24)12-5-3-11(4-6-12)9-19-28(25,26)15-2-1-7-27-15/h1-2,7,11-13,19H,3-6,8-10H2,(H,20,24)(H,22,23)/t11?,12?,13-/m0/s1. The number of hydrogen-bond donors (Lipinski definition) is 3. The summed E-state index contributed by atoms with van der Waals surface area (Å²) in [6.45, 7) is 0.210. The predicted octanol–water partition coefficient (Wildman–Crippen LogP) is 2.10. The first-order valence-corrected chi connectivity index (χ1v) is 11.2. The van der Waals surface area contributed by atoms with Gasteiger partial charge in [-0.05, 0) is 48.6 Å². The summed E-state index contributed by atoms with van der Waals surface area (Å²) >= 11 is 1.16. The zero-order chi connectivity index (χ0) is 20.6. The fourth-order valence-electron chi connectivity index (χ4n) is 3.17.